The van der Waals surface area contributed by atoms with E-state index in [4.69, 9.17) is 4.74 Å². The zero-order chi connectivity index (χ0) is 20.9. The van der Waals surface area contributed by atoms with Crippen LogP contribution in [0.25, 0.3) is 10.6 Å². The van der Waals surface area contributed by atoms with Crippen LogP contribution in [0, 0.1) is 12.7 Å². The first kappa shape index (κ1) is 19.8. The summed E-state index contributed by atoms with van der Waals surface area (Å²) in [6.07, 6.45) is 0. The van der Waals surface area contributed by atoms with Gasteiger partial charge >= 0.3 is 0 Å². The van der Waals surface area contributed by atoms with Gasteiger partial charge in [0.15, 0.2) is 0 Å². The Kier molecular flexibility index (Phi) is 5.86. The fourth-order valence-corrected chi connectivity index (χ4v) is 3.79. The van der Waals surface area contributed by atoms with E-state index in [0.29, 0.717) is 22.0 Å². The van der Waals surface area contributed by atoms with Crippen LogP contribution in [0.3, 0.4) is 0 Å². The zero-order valence-corrected chi connectivity index (χ0v) is 17.1. The highest BCUT2D eigenvalue weighted by Gasteiger charge is 2.15. The van der Waals surface area contributed by atoms with Crippen molar-refractivity contribution in [3.63, 3.8) is 0 Å². The Morgan fingerprint density at radius 3 is 2.70 bits per heavy atom. The van der Waals surface area contributed by atoms with Crippen molar-refractivity contribution in [2.75, 3.05) is 5.32 Å². The number of nitrogens with one attached hydrogen (secondary N) is 1. The largest absolute Gasteiger partial charge is 0.488 e. The molecule has 150 valence electrons. The number of aryl methyl sites for hydroxylation is 1. The van der Waals surface area contributed by atoms with Crippen molar-refractivity contribution in [1.82, 2.24) is 4.98 Å². The fraction of sp³-hybridized carbons (Fsp3) is 0.0833. The summed E-state index contributed by atoms with van der Waals surface area (Å²) in [6, 6.07) is 21.5. The number of para-hydroxylation sites is 1. The molecular weight excluding hydrogens is 399 g/mol. The molecule has 0 saturated heterocycles. The van der Waals surface area contributed by atoms with Crippen molar-refractivity contribution in [2.45, 2.75) is 13.5 Å². The molecule has 4 aromatic rings. The van der Waals surface area contributed by atoms with Crippen LogP contribution in [0.2, 0.25) is 0 Å². The predicted octanol–water partition coefficient (Wildman–Crippen LogP) is 6.09. The van der Waals surface area contributed by atoms with Gasteiger partial charge < -0.3 is 10.1 Å². The lowest BCUT2D eigenvalue weighted by Crippen LogP contribution is -2.12. The molecule has 0 radical (unpaired) electrons. The second-order valence-corrected chi connectivity index (χ2v) is 7.60. The Balaban J connectivity index is 1.52. The van der Waals surface area contributed by atoms with Crippen molar-refractivity contribution in [3.05, 3.63) is 101 Å². The molecule has 0 aliphatic carbocycles. The van der Waals surface area contributed by atoms with Crippen molar-refractivity contribution >= 4 is 22.9 Å². The molecule has 30 heavy (non-hydrogen) atoms. The Hall–Kier alpha value is -3.51. The topological polar surface area (TPSA) is 51.2 Å². The highest BCUT2D eigenvalue weighted by atomic mass is 32.1. The molecular formula is C24H19FN2O2S. The van der Waals surface area contributed by atoms with Gasteiger partial charge in [-0.3, -0.25) is 4.79 Å². The SMILES string of the molecule is Cc1cccc(NC(=O)c2csc(-c3ccccc3OCc3ccccc3F)n2)c1. The number of rotatable bonds is 6. The number of hydrogen-bond acceptors (Lipinski definition) is 4. The third-order valence-electron chi connectivity index (χ3n) is 4.47. The van der Waals surface area contributed by atoms with Crippen LogP contribution >= 0.6 is 11.3 Å². The van der Waals surface area contributed by atoms with Crippen LogP contribution in [0.1, 0.15) is 21.6 Å². The Bertz CT molecular complexity index is 1190. The van der Waals surface area contributed by atoms with E-state index < -0.39 is 0 Å². The summed E-state index contributed by atoms with van der Waals surface area (Å²) in [7, 11) is 0. The van der Waals surface area contributed by atoms with Crippen LogP contribution in [-0.4, -0.2) is 10.9 Å². The first-order valence-corrected chi connectivity index (χ1v) is 10.3. The molecule has 0 aliphatic heterocycles. The molecule has 0 bridgehead atoms. The second-order valence-electron chi connectivity index (χ2n) is 6.74. The summed E-state index contributed by atoms with van der Waals surface area (Å²) in [5, 5.41) is 5.24. The number of nitrogens with zero attached hydrogens (tertiary/aromatic N) is 1. The van der Waals surface area contributed by atoms with E-state index in [-0.39, 0.29) is 18.3 Å². The molecule has 0 aliphatic rings. The number of benzene rings is 3. The zero-order valence-electron chi connectivity index (χ0n) is 16.3. The van der Waals surface area contributed by atoms with E-state index in [1.807, 2.05) is 55.5 Å². The second kappa shape index (κ2) is 8.88. The van der Waals surface area contributed by atoms with Gasteiger partial charge in [0.1, 0.15) is 28.9 Å². The van der Waals surface area contributed by atoms with Crippen LogP contribution in [0.4, 0.5) is 10.1 Å². The molecule has 1 N–H and O–H groups in total. The number of ether oxygens (including phenoxy) is 1. The van der Waals surface area contributed by atoms with Gasteiger partial charge in [-0.1, -0.05) is 42.5 Å². The fourth-order valence-electron chi connectivity index (χ4n) is 2.96. The average molecular weight is 418 g/mol. The van der Waals surface area contributed by atoms with Crippen LogP contribution < -0.4 is 10.1 Å². The molecule has 0 fully saturated rings. The van der Waals surface area contributed by atoms with Gasteiger partial charge in [0.2, 0.25) is 0 Å². The molecule has 1 aromatic heterocycles. The predicted molar refractivity (Wildman–Crippen MR) is 117 cm³/mol. The summed E-state index contributed by atoms with van der Waals surface area (Å²) in [4.78, 5) is 17.0. The average Bonchev–Trinajstić information content (AvgIpc) is 3.24. The van der Waals surface area contributed by atoms with E-state index in [1.54, 1.807) is 23.6 Å². The van der Waals surface area contributed by atoms with Gasteiger partial charge in [-0.15, -0.1) is 11.3 Å². The summed E-state index contributed by atoms with van der Waals surface area (Å²) < 4.78 is 19.7. The van der Waals surface area contributed by atoms with E-state index in [9.17, 15) is 9.18 Å². The molecule has 1 heterocycles. The number of aromatic nitrogens is 1. The lowest BCUT2D eigenvalue weighted by molar-refractivity contribution is 0.102. The number of halogens is 1. The number of carbonyl (C=O) groups is 1. The summed E-state index contributed by atoms with van der Waals surface area (Å²) in [5.74, 6) is 0.00735. The van der Waals surface area contributed by atoms with Gasteiger partial charge in [-0.25, -0.2) is 9.37 Å². The first-order chi connectivity index (χ1) is 14.6. The normalized spacial score (nSPS) is 10.6. The maximum absolute atomic E-state index is 13.9. The Morgan fingerprint density at radius 1 is 1.07 bits per heavy atom. The third-order valence-corrected chi connectivity index (χ3v) is 5.35. The van der Waals surface area contributed by atoms with Crippen molar-refractivity contribution in [1.29, 1.82) is 0 Å². The van der Waals surface area contributed by atoms with E-state index in [0.717, 1.165) is 16.8 Å². The summed E-state index contributed by atoms with van der Waals surface area (Å²) >= 11 is 1.36. The molecule has 0 saturated carbocycles. The number of thiazole rings is 1. The van der Waals surface area contributed by atoms with Crippen molar-refractivity contribution in [3.8, 4) is 16.3 Å². The monoisotopic (exact) mass is 418 g/mol. The van der Waals surface area contributed by atoms with Gasteiger partial charge in [-0.05, 0) is 42.8 Å². The smallest absolute Gasteiger partial charge is 0.275 e. The summed E-state index contributed by atoms with van der Waals surface area (Å²) in [6.45, 7) is 2.07. The van der Waals surface area contributed by atoms with Crippen LogP contribution in [0.5, 0.6) is 5.75 Å². The van der Waals surface area contributed by atoms with Crippen LogP contribution in [-0.2, 0) is 6.61 Å². The quantitative estimate of drug-likeness (QED) is 0.412. The van der Waals surface area contributed by atoms with E-state index >= 15 is 0 Å². The van der Waals surface area contributed by atoms with Crippen molar-refractivity contribution in [2.24, 2.45) is 0 Å². The third kappa shape index (κ3) is 4.55. The minimum absolute atomic E-state index is 0.107. The lowest BCUT2D eigenvalue weighted by atomic mass is 10.2. The molecule has 3 aromatic carbocycles. The molecule has 1 amide bonds. The Morgan fingerprint density at radius 2 is 1.87 bits per heavy atom. The van der Waals surface area contributed by atoms with E-state index in [1.165, 1.54) is 17.4 Å². The molecule has 6 heteroatoms. The number of anilines is 1. The first-order valence-electron chi connectivity index (χ1n) is 9.39. The van der Waals surface area contributed by atoms with Gasteiger partial charge in [0, 0.05) is 16.6 Å². The standard InChI is InChI=1S/C24H19FN2O2S/c1-16-7-6-9-18(13-16)26-23(28)21-15-30-24(27-21)19-10-3-5-12-22(19)29-14-17-8-2-4-11-20(17)25/h2-13,15H,14H2,1H3,(H,26,28). The highest BCUT2D eigenvalue weighted by Crippen LogP contribution is 2.33. The summed E-state index contributed by atoms with van der Waals surface area (Å²) in [5.41, 5.74) is 3.36. The Labute approximate surface area is 178 Å². The van der Waals surface area contributed by atoms with Gasteiger partial charge in [0.05, 0.1) is 5.56 Å². The minimum atomic E-state index is -0.306. The van der Waals surface area contributed by atoms with E-state index in [2.05, 4.69) is 10.3 Å². The maximum Gasteiger partial charge on any atom is 0.275 e. The number of hydrogen-bond donors (Lipinski definition) is 1. The molecule has 0 atom stereocenters. The lowest BCUT2D eigenvalue weighted by Gasteiger charge is -2.10. The molecule has 4 rings (SSSR count). The maximum atomic E-state index is 13.9. The molecule has 0 unspecified atom stereocenters. The van der Waals surface area contributed by atoms with Gasteiger partial charge in [0.25, 0.3) is 5.91 Å². The molecule has 0 spiro atoms. The number of amides is 1. The number of carbonyl (C=O) groups excluding carboxylic acids is 1. The van der Waals surface area contributed by atoms with Crippen molar-refractivity contribution < 1.29 is 13.9 Å². The van der Waals surface area contributed by atoms with Gasteiger partial charge in [-0.2, -0.15) is 0 Å². The van der Waals surface area contributed by atoms with Crippen LogP contribution in [0.15, 0.2) is 78.2 Å². The molecule has 4 nitrogen and oxygen atoms in total. The highest BCUT2D eigenvalue weighted by molar-refractivity contribution is 7.13. The minimum Gasteiger partial charge on any atom is -0.488 e.